The first kappa shape index (κ1) is 87.2. The van der Waals surface area contributed by atoms with Crippen molar-refractivity contribution >= 4 is 98.0 Å². The van der Waals surface area contributed by atoms with Gasteiger partial charge >= 0.3 is 80.3 Å². The van der Waals surface area contributed by atoms with Crippen molar-refractivity contribution < 1.29 is 240 Å². The van der Waals surface area contributed by atoms with Crippen molar-refractivity contribution in [1.29, 1.82) is 0 Å². The van der Waals surface area contributed by atoms with Crippen molar-refractivity contribution in [1.82, 2.24) is 16.0 Å². The number of carboxylic acid groups (broad SMARTS) is 3. The molecule has 596 valence electrons. The number of hydrogen-bond acceptors (Lipinski definition) is 43. The van der Waals surface area contributed by atoms with Crippen molar-refractivity contribution in [2.24, 2.45) is 0 Å². The standard InChI is InChI=1S/C42H65N3O52S6/c1-7(49)43-13-23(20(92-98(63,64)65)10(4-46)81-37(13)62)84-41-30(96-102(75,76)77)18(54)26(32(90-41)35(58)59)87-39-15(45-9(3)51)25(22(12(6-48)83-39)94-100(69,70)71)86-42-31(97-103(78,79)80)19(55)27(33(91-42)36(60)61)88-38-14(44-8(2)50)24(21(11(5-47)82-38)93-99(66,67)68)85-40-29(95-101(72,73)74)17(53)16(52)28(89-40)34(56)57/h10-33,37-42,46-48,52-55,62H,4-6H2,1-3H3,(H,43,49)(H,44,50)(H,45,51)(H,56,57)(H,58,59)(H,60,61)(H,63,64,65)(H,66,67,68)(H,69,70,71)(H,72,73,74)(H,75,76,77)(H,78,79,80)/t10-,11-,12-,13-,14-,15-,16+,17+,18+,19+,20+,21+,22+,23-,24-,25-,26+,27+,28-,29-,30-,31-,32-,33-,37?,38?,39?,40-,41-,42-/m1/s1. The molecule has 0 aromatic rings. The van der Waals surface area contributed by atoms with Crippen LogP contribution in [0, 0.1) is 0 Å². The van der Waals surface area contributed by atoms with Crippen LogP contribution in [0.15, 0.2) is 0 Å². The number of ether oxygens (including phenoxy) is 11. The number of carboxylic acids is 3. The molecule has 6 fully saturated rings. The summed E-state index contributed by atoms with van der Waals surface area (Å²) < 4.78 is 295. The molecule has 6 saturated heterocycles. The predicted molar refractivity (Wildman–Crippen MR) is 298 cm³/mol. The van der Waals surface area contributed by atoms with Crippen LogP contribution in [0.5, 0.6) is 0 Å². The van der Waals surface area contributed by atoms with Gasteiger partial charge in [0.1, 0.15) is 110 Å². The average Bonchev–Trinajstić information content (AvgIpc) is 0.758. The maximum absolute atomic E-state index is 13.4. The van der Waals surface area contributed by atoms with Gasteiger partial charge in [0.2, 0.25) is 17.7 Å². The van der Waals surface area contributed by atoms with Crippen LogP contribution >= 0.6 is 0 Å². The molecule has 20 N–H and O–H groups in total. The maximum atomic E-state index is 13.4. The van der Waals surface area contributed by atoms with Crippen molar-refractivity contribution in [2.45, 2.75) is 205 Å². The third kappa shape index (κ3) is 23.2. The predicted octanol–water partition coefficient (Wildman–Crippen LogP) is -14.4. The molecule has 0 radical (unpaired) electrons. The number of hydrogen-bond donors (Lipinski definition) is 20. The first-order valence-electron chi connectivity index (χ1n) is 28.0. The summed E-state index contributed by atoms with van der Waals surface area (Å²) in [5, 5.41) is 124. The monoisotopic (exact) mass is 1640 g/mol. The van der Waals surface area contributed by atoms with Gasteiger partial charge in [-0.1, -0.05) is 0 Å². The van der Waals surface area contributed by atoms with Gasteiger partial charge in [-0.2, -0.15) is 50.5 Å². The minimum atomic E-state index is -6.28. The Morgan fingerprint density at radius 2 is 0.553 bits per heavy atom. The lowest BCUT2D eigenvalue weighted by atomic mass is 9.93. The zero-order valence-electron chi connectivity index (χ0n) is 51.3. The molecule has 0 spiro atoms. The summed E-state index contributed by atoms with van der Waals surface area (Å²) in [4.78, 5) is 77.2. The SMILES string of the molecule is CC(=O)N[C@H]1C(O)O[C@H](CO)[C@H](OS(=O)(=O)O)[C@@H]1O[C@@H]1O[C@@H](C(=O)O)[C@@H](OC2O[C@H](CO)[C@H](OS(=O)(=O)O)[C@H](O[C@@H]3O[C@@H](C(=O)O)[C@@H](OC4O[C@H](CO)[C@H](OS(=O)(=O)O)[C@H](O[C@@H]5O[C@@H](C(=O)O)[C@@H](O)[C@H](O)[C@H]5OS(=O)(=O)O)[C@H]4NC(C)=O)[C@H](O)[C@H]3OS(=O)(=O)O)[C@H]2NC(C)=O)[C@H](O)[C@H]1OS(=O)(=O)O. The van der Waals surface area contributed by atoms with Gasteiger partial charge in [-0.05, 0) is 0 Å². The molecule has 0 bridgehead atoms. The Kier molecular flexibility index (Phi) is 29.0. The van der Waals surface area contributed by atoms with Crippen molar-refractivity contribution in [2.75, 3.05) is 19.8 Å². The topological polar surface area (TPSA) is 844 Å². The fourth-order valence-corrected chi connectivity index (χ4v) is 14.0. The van der Waals surface area contributed by atoms with E-state index in [9.17, 15) is 163 Å². The summed E-state index contributed by atoms with van der Waals surface area (Å²) in [6, 6.07) is -7.65. The van der Waals surface area contributed by atoms with Gasteiger partial charge in [-0.3, -0.25) is 41.7 Å². The molecule has 3 amide bonds. The third-order valence-electron chi connectivity index (χ3n) is 14.8. The van der Waals surface area contributed by atoms with E-state index in [1.54, 1.807) is 0 Å². The minimum absolute atomic E-state index is 0.556. The van der Waals surface area contributed by atoms with Gasteiger partial charge in [0, 0.05) is 20.8 Å². The van der Waals surface area contributed by atoms with E-state index in [1.165, 1.54) is 0 Å². The smallest absolute Gasteiger partial charge is 0.397 e. The van der Waals surface area contributed by atoms with E-state index < -0.39 is 302 Å². The normalized spacial score (nSPS) is 39.5. The Morgan fingerprint density at radius 1 is 0.311 bits per heavy atom. The highest BCUT2D eigenvalue weighted by molar-refractivity contribution is 7.82. The van der Waals surface area contributed by atoms with Crippen LogP contribution in [0.4, 0.5) is 0 Å². The van der Waals surface area contributed by atoms with E-state index in [1.807, 2.05) is 16.0 Å². The van der Waals surface area contributed by atoms with Crippen LogP contribution in [-0.2, 0) is 168 Å². The summed E-state index contributed by atoms with van der Waals surface area (Å²) in [5.41, 5.74) is 0. The fourth-order valence-electron chi connectivity index (χ4n) is 11.0. The second kappa shape index (κ2) is 34.2. The molecule has 103 heavy (non-hydrogen) atoms. The molecule has 6 rings (SSSR count). The van der Waals surface area contributed by atoms with Gasteiger partial charge in [0.05, 0.1) is 19.8 Å². The summed E-state index contributed by atoms with van der Waals surface area (Å²) in [6.07, 6.45) is -77.8. The first-order chi connectivity index (χ1) is 47.2. The molecular formula is C42H65N3O52S6. The Bertz CT molecular complexity index is 3740. The maximum Gasteiger partial charge on any atom is 0.397 e. The summed E-state index contributed by atoms with van der Waals surface area (Å²) in [7, 11) is -36.2. The lowest BCUT2D eigenvalue weighted by molar-refractivity contribution is -0.372. The molecule has 61 heteroatoms. The fraction of sp³-hybridized carbons (Fsp3) is 0.857. The molecule has 6 aliphatic rings. The number of carbonyl (C=O) groups excluding carboxylic acids is 3. The Balaban J connectivity index is 1.47. The highest BCUT2D eigenvalue weighted by atomic mass is 32.3. The van der Waals surface area contributed by atoms with E-state index in [-0.39, 0.29) is 0 Å². The second-order valence-corrected chi connectivity index (χ2v) is 28.4. The number of rotatable bonds is 31. The van der Waals surface area contributed by atoms with E-state index in [0.717, 1.165) is 6.92 Å². The van der Waals surface area contributed by atoms with Crippen LogP contribution in [0.2, 0.25) is 0 Å². The molecule has 30 atom stereocenters. The van der Waals surface area contributed by atoms with Crippen LogP contribution in [0.1, 0.15) is 20.8 Å². The van der Waals surface area contributed by atoms with E-state index in [2.05, 4.69) is 25.1 Å². The number of nitrogens with one attached hydrogen (secondary N) is 3. The second-order valence-electron chi connectivity index (χ2n) is 22.1. The molecule has 55 nitrogen and oxygen atoms in total. The Morgan fingerprint density at radius 3 is 0.825 bits per heavy atom. The number of aliphatic hydroxyl groups excluding tert-OH is 8. The number of amides is 3. The number of carbonyl (C=O) groups is 6. The van der Waals surface area contributed by atoms with Crippen LogP contribution in [0.25, 0.3) is 0 Å². The minimum Gasteiger partial charge on any atom is -0.479 e. The Labute approximate surface area is 576 Å². The van der Waals surface area contributed by atoms with Gasteiger partial charge in [-0.25, -0.2) is 39.5 Å². The van der Waals surface area contributed by atoms with Crippen molar-refractivity contribution in [3.05, 3.63) is 0 Å². The summed E-state index contributed by atoms with van der Waals surface area (Å²) in [6.45, 7) is -2.91. The van der Waals surface area contributed by atoms with E-state index in [4.69, 9.17) is 52.1 Å². The number of aliphatic carboxylic acids is 3. The third-order valence-corrected chi connectivity index (χ3v) is 17.6. The highest BCUT2D eigenvalue weighted by Gasteiger charge is 2.63. The van der Waals surface area contributed by atoms with Crippen molar-refractivity contribution in [3.63, 3.8) is 0 Å². The first-order valence-corrected chi connectivity index (χ1v) is 36.2. The Hall–Kier alpha value is -4.72. The van der Waals surface area contributed by atoms with Crippen LogP contribution < -0.4 is 16.0 Å². The van der Waals surface area contributed by atoms with Gasteiger partial charge in [0.25, 0.3) is 0 Å². The molecule has 6 aliphatic heterocycles. The zero-order valence-corrected chi connectivity index (χ0v) is 56.2. The lowest BCUT2D eigenvalue weighted by Gasteiger charge is -2.51. The zero-order chi connectivity index (χ0) is 78.0. The van der Waals surface area contributed by atoms with Gasteiger partial charge in [-0.15, -0.1) is 0 Å². The summed E-state index contributed by atoms with van der Waals surface area (Å²) in [5.74, 6) is -11.1. The quantitative estimate of drug-likeness (QED) is 0.0287. The van der Waals surface area contributed by atoms with Crippen LogP contribution in [-0.4, -0.2) is 373 Å². The molecule has 0 aromatic carbocycles. The molecule has 6 heterocycles. The van der Waals surface area contributed by atoms with Gasteiger partial charge < -0.3 is 124 Å². The molecular weight excluding hydrogens is 1570 g/mol. The summed E-state index contributed by atoms with van der Waals surface area (Å²) >= 11 is 0. The van der Waals surface area contributed by atoms with E-state index >= 15 is 0 Å². The molecule has 0 saturated carbocycles. The lowest BCUT2D eigenvalue weighted by Crippen LogP contribution is -2.72. The average molecular weight is 1640 g/mol. The largest absolute Gasteiger partial charge is 0.479 e. The van der Waals surface area contributed by atoms with E-state index in [0.29, 0.717) is 13.8 Å². The molecule has 3 unspecified atom stereocenters. The van der Waals surface area contributed by atoms with Gasteiger partial charge in [0.15, 0.2) is 74.4 Å². The number of aliphatic hydroxyl groups is 8. The highest BCUT2D eigenvalue weighted by Crippen LogP contribution is 2.41. The van der Waals surface area contributed by atoms with Crippen LogP contribution in [0.3, 0.4) is 0 Å². The molecule has 0 aliphatic carbocycles. The molecule has 0 aromatic heterocycles. The van der Waals surface area contributed by atoms with Crippen molar-refractivity contribution in [3.8, 4) is 0 Å².